The van der Waals surface area contributed by atoms with Crippen molar-refractivity contribution >= 4 is 0 Å². The predicted molar refractivity (Wildman–Crippen MR) is 29.8 cm³/mol. The van der Waals surface area contributed by atoms with E-state index in [1.54, 1.807) is 0 Å². The third kappa shape index (κ3) is 2.17. The first-order chi connectivity index (χ1) is 4.58. The maximum atomic E-state index is 12.3. The van der Waals surface area contributed by atoms with E-state index in [-0.39, 0.29) is 0 Å². The van der Waals surface area contributed by atoms with Crippen LogP contribution in [0, 0.1) is 0 Å². The van der Waals surface area contributed by atoms with Crippen LogP contribution in [0.2, 0.25) is 0 Å². The molecule has 0 amide bonds. The van der Waals surface area contributed by atoms with Crippen LogP contribution in [-0.2, 0) is 9.47 Å². The van der Waals surface area contributed by atoms with Crippen molar-refractivity contribution in [3.63, 3.8) is 0 Å². The maximum absolute atomic E-state index is 12.3. The van der Waals surface area contributed by atoms with E-state index in [1.807, 2.05) is 0 Å². The zero-order valence-electron chi connectivity index (χ0n) is 5.80. The number of hydrogen-bond donors (Lipinski definition) is 1. The quantitative estimate of drug-likeness (QED) is 0.592. The minimum Gasteiger partial charge on any atom is -0.390 e. The maximum Gasteiger partial charge on any atom is 0.320 e. The van der Waals surface area contributed by atoms with Gasteiger partial charge in [0.1, 0.15) is 6.61 Å². The summed E-state index contributed by atoms with van der Waals surface area (Å²) in [7, 11) is 2.16. The molecule has 0 atom stereocenters. The summed E-state index contributed by atoms with van der Waals surface area (Å²) in [5.74, 6) is -3.33. The van der Waals surface area contributed by atoms with Crippen LogP contribution >= 0.6 is 0 Å². The lowest BCUT2D eigenvalue weighted by molar-refractivity contribution is -0.247. The van der Waals surface area contributed by atoms with Gasteiger partial charge in [0.25, 0.3) is 0 Å². The van der Waals surface area contributed by atoms with Crippen molar-refractivity contribution in [3.05, 3.63) is 0 Å². The number of halogens is 2. The number of aliphatic hydroxyl groups is 1. The molecule has 0 saturated carbocycles. The number of rotatable bonds is 4. The fraction of sp³-hybridized carbons (Fsp3) is 1.00. The van der Waals surface area contributed by atoms with Crippen molar-refractivity contribution in [1.29, 1.82) is 0 Å². The minimum atomic E-state index is -3.33. The normalized spacial score (nSPS) is 12.6. The lowest BCUT2D eigenvalue weighted by atomic mass is 10.3. The Balaban J connectivity index is 3.97. The van der Waals surface area contributed by atoms with Crippen molar-refractivity contribution in [2.24, 2.45) is 0 Å². The zero-order valence-corrected chi connectivity index (χ0v) is 5.80. The Morgan fingerprint density at radius 2 is 1.80 bits per heavy atom. The number of hydrogen-bond acceptors (Lipinski definition) is 3. The minimum absolute atomic E-state index is 1.08. The van der Waals surface area contributed by atoms with Gasteiger partial charge in [0.05, 0.1) is 0 Å². The van der Waals surface area contributed by atoms with E-state index in [1.165, 1.54) is 0 Å². The van der Waals surface area contributed by atoms with Crippen molar-refractivity contribution in [2.45, 2.75) is 12.2 Å². The molecule has 0 aliphatic rings. The van der Waals surface area contributed by atoms with Crippen molar-refractivity contribution in [2.75, 3.05) is 20.8 Å². The van der Waals surface area contributed by atoms with Gasteiger partial charge in [-0.3, -0.25) is 0 Å². The van der Waals surface area contributed by atoms with E-state index in [4.69, 9.17) is 5.11 Å². The second kappa shape index (κ2) is 3.80. The highest BCUT2D eigenvalue weighted by Gasteiger charge is 2.39. The highest BCUT2D eigenvalue weighted by molar-refractivity contribution is 4.67. The number of ether oxygens (including phenoxy) is 2. The lowest BCUT2D eigenvalue weighted by Gasteiger charge is -2.21. The highest BCUT2D eigenvalue weighted by atomic mass is 19.3. The van der Waals surface area contributed by atoms with Gasteiger partial charge in [0, 0.05) is 14.2 Å². The molecule has 0 heterocycles. The molecular weight excluding hydrogens is 146 g/mol. The molecule has 0 spiro atoms. The second-order valence-electron chi connectivity index (χ2n) is 1.72. The Morgan fingerprint density at radius 3 is 1.90 bits per heavy atom. The molecule has 0 bridgehead atoms. The predicted octanol–water partition coefficient (Wildman–Crippen LogP) is 0.233. The summed E-state index contributed by atoms with van der Waals surface area (Å²) in [6.07, 6.45) is -1.67. The SMILES string of the molecule is COC(OC)C(F)(F)CO. The van der Waals surface area contributed by atoms with Crippen LogP contribution in [0.5, 0.6) is 0 Å². The molecular formula is C5H10F2O3. The zero-order chi connectivity index (χ0) is 8.20. The second-order valence-corrected chi connectivity index (χ2v) is 1.72. The first-order valence-corrected chi connectivity index (χ1v) is 2.62. The summed E-state index contributed by atoms with van der Waals surface area (Å²) >= 11 is 0. The van der Waals surface area contributed by atoms with E-state index in [9.17, 15) is 8.78 Å². The highest BCUT2D eigenvalue weighted by Crippen LogP contribution is 2.20. The number of alkyl halides is 2. The van der Waals surface area contributed by atoms with Crippen LogP contribution in [0.4, 0.5) is 8.78 Å². The van der Waals surface area contributed by atoms with Gasteiger partial charge < -0.3 is 14.6 Å². The molecule has 62 valence electrons. The standard InChI is InChI=1S/C5H10F2O3/c1-9-4(10-2)5(6,7)3-8/h4,8H,3H2,1-2H3. The molecule has 0 unspecified atom stereocenters. The molecule has 5 heteroatoms. The van der Waals surface area contributed by atoms with Crippen LogP contribution in [0.15, 0.2) is 0 Å². The first kappa shape index (κ1) is 9.74. The molecule has 3 nitrogen and oxygen atoms in total. The molecule has 0 fully saturated rings. The van der Waals surface area contributed by atoms with Gasteiger partial charge in [-0.1, -0.05) is 0 Å². The van der Waals surface area contributed by atoms with Gasteiger partial charge in [-0.25, -0.2) is 0 Å². The van der Waals surface area contributed by atoms with E-state index >= 15 is 0 Å². The molecule has 0 aromatic heterocycles. The largest absolute Gasteiger partial charge is 0.390 e. The summed E-state index contributed by atoms with van der Waals surface area (Å²) in [5.41, 5.74) is 0. The fourth-order valence-corrected chi connectivity index (χ4v) is 0.516. The van der Waals surface area contributed by atoms with E-state index < -0.39 is 18.8 Å². The molecule has 10 heavy (non-hydrogen) atoms. The average molecular weight is 156 g/mol. The Morgan fingerprint density at radius 1 is 1.40 bits per heavy atom. The van der Waals surface area contributed by atoms with Crippen LogP contribution < -0.4 is 0 Å². The Kier molecular flexibility index (Phi) is 3.70. The molecule has 0 aromatic carbocycles. The Hall–Kier alpha value is -0.260. The van der Waals surface area contributed by atoms with E-state index in [0.29, 0.717) is 0 Å². The monoisotopic (exact) mass is 156 g/mol. The third-order valence-electron chi connectivity index (χ3n) is 0.984. The molecule has 0 saturated heterocycles. The fourth-order valence-electron chi connectivity index (χ4n) is 0.516. The average Bonchev–Trinajstić information content (AvgIpc) is 1.90. The Bertz CT molecular complexity index is 92.9. The third-order valence-corrected chi connectivity index (χ3v) is 0.984. The van der Waals surface area contributed by atoms with Gasteiger partial charge in [0.15, 0.2) is 0 Å². The summed E-state index contributed by atoms with van der Waals surface area (Å²) in [5, 5.41) is 8.12. The Labute approximate surface area is 57.6 Å². The van der Waals surface area contributed by atoms with E-state index in [0.717, 1.165) is 14.2 Å². The van der Waals surface area contributed by atoms with Gasteiger partial charge in [-0.2, -0.15) is 8.78 Å². The number of methoxy groups -OCH3 is 2. The molecule has 0 aromatic rings. The molecule has 0 aliphatic heterocycles. The van der Waals surface area contributed by atoms with Crippen molar-refractivity contribution in [1.82, 2.24) is 0 Å². The summed E-state index contributed by atoms with van der Waals surface area (Å²) < 4.78 is 33.1. The summed E-state index contributed by atoms with van der Waals surface area (Å²) in [4.78, 5) is 0. The van der Waals surface area contributed by atoms with Crippen LogP contribution in [0.3, 0.4) is 0 Å². The van der Waals surface area contributed by atoms with Crippen LogP contribution in [0.25, 0.3) is 0 Å². The van der Waals surface area contributed by atoms with Gasteiger partial charge in [-0.05, 0) is 0 Å². The van der Waals surface area contributed by atoms with E-state index in [2.05, 4.69) is 9.47 Å². The van der Waals surface area contributed by atoms with Crippen molar-refractivity contribution in [3.8, 4) is 0 Å². The molecule has 0 radical (unpaired) electrons. The van der Waals surface area contributed by atoms with Crippen LogP contribution in [0.1, 0.15) is 0 Å². The molecule has 0 aliphatic carbocycles. The van der Waals surface area contributed by atoms with Gasteiger partial charge in [-0.15, -0.1) is 0 Å². The smallest absolute Gasteiger partial charge is 0.320 e. The van der Waals surface area contributed by atoms with Crippen molar-refractivity contribution < 1.29 is 23.4 Å². The molecule has 1 N–H and O–H groups in total. The topological polar surface area (TPSA) is 38.7 Å². The summed E-state index contributed by atoms with van der Waals surface area (Å²) in [6.45, 7) is -1.28. The lowest BCUT2D eigenvalue weighted by Crippen LogP contribution is -2.39. The first-order valence-electron chi connectivity index (χ1n) is 2.62. The summed E-state index contributed by atoms with van der Waals surface area (Å²) in [6, 6.07) is 0. The van der Waals surface area contributed by atoms with Crippen LogP contribution in [-0.4, -0.2) is 38.1 Å². The molecule has 0 rings (SSSR count). The van der Waals surface area contributed by atoms with Gasteiger partial charge in [0.2, 0.25) is 6.29 Å². The van der Waals surface area contributed by atoms with Gasteiger partial charge >= 0.3 is 5.92 Å². The number of aliphatic hydroxyl groups excluding tert-OH is 1.